The number of aromatic nitrogens is 1. The predicted molar refractivity (Wildman–Crippen MR) is 64.9 cm³/mol. The van der Waals surface area contributed by atoms with Crippen molar-refractivity contribution < 1.29 is 9.80 Å². The first-order valence-corrected chi connectivity index (χ1v) is 6.26. The molecule has 1 aliphatic carbocycles. The second kappa shape index (κ2) is 2.98. The molecule has 0 amide bonds. The molecule has 2 unspecified atom stereocenters. The van der Waals surface area contributed by atoms with Crippen molar-refractivity contribution in [3.8, 4) is 0 Å². The molecule has 3 heterocycles. The van der Waals surface area contributed by atoms with Gasteiger partial charge in [-0.3, -0.25) is 4.98 Å². The summed E-state index contributed by atoms with van der Waals surface area (Å²) in [4.78, 5) is 6.81. The third-order valence-electron chi connectivity index (χ3n) is 4.48. The Bertz CT molecular complexity index is 528. The zero-order valence-electron chi connectivity index (χ0n) is 9.92. The minimum Gasteiger partial charge on any atom is -0.459 e. The molecule has 1 saturated carbocycles. The molecule has 1 fully saturated rings. The fraction of sp³-hybridized carbons (Fsp3) is 0.357. The summed E-state index contributed by atoms with van der Waals surface area (Å²) >= 11 is 0. The second-order valence-corrected chi connectivity index (χ2v) is 5.64. The van der Waals surface area contributed by atoms with Crippen molar-refractivity contribution in [2.75, 3.05) is 13.1 Å². The van der Waals surface area contributed by atoms with Crippen molar-refractivity contribution >= 4 is 11.3 Å². The zero-order valence-corrected chi connectivity index (χ0v) is 9.92. The van der Waals surface area contributed by atoms with Crippen LogP contribution in [0.25, 0.3) is 5.57 Å². The molecule has 17 heavy (non-hydrogen) atoms. The Balaban J connectivity index is 1.94. The van der Waals surface area contributed by atoms with Crippen LogP contribution in [0.15, 0.2) is 24.2 Å². The molecule has 1 aromatic rings. The first-order chi connectivity index (χ1) is 8.21. The summed E-state index contributed by atoms with van der Waals surface area (Å²) in [5, 5.41) is 0. The number of pyridine rings is 1. The Morgan fingerprint density at radius 1 is 1.29 bits per heavy atom. The molecule has 0 saturated heterocycles. The monoisotopic (exact) mass is 227 g/mol. The van der Waals surface area contributed by atoms with Gasteiger partial charge in [-0.15, -0.1) is 7.05 Å². The van der Waals surface area contributed by atoms with Crippen molar-refractivity contribution in [2.45, 2.75) is 12.8 Å². The van der Waals surface area contributed by atoms with Crippen LogP contribution >= 0.6 is 0 Å². The maximum absolute atomic E-state index is 4.27. The highest BCUT2D eigenvalue weighted by molar-refractivity contribution is 5.82. The Kier molecular flexibility index (Phi) is 1.72. The molecule has 4 rings (SSSR count). The topological polar surface area (TPSA) is 21.8 Å². The smallest absolute Gasteiger partial charge is 0.144 e. The van der Waals surface area contributed by atoms with Gasteiger partial charge < -0.3 is 9.80 Å². The van der Waals surface area contributed by atoms with E-state index in [4.69, 9.17) is 0 Å². The summed E-state index contributed by atoms with van der Waals surface area (Å²) in [5.74, 6) is 0. The number of hydrogen-bond acceptors (Lipinski definition) is 1. The fourth-order valence-electron chi connectivity index (χ4n) is 3.59. The van der Waals surface area contributed by atoms with Crippen molar-refractivity contribution in [1.29, 1.82) is 0 Å². The van der Waals surface area contributed by atoms with E-state index in [0.717, 1.165) is 6.54 Å². The number of fused-ring (bicyclic) bond motifs is 3. The van der Waals surface area contributed by atoms with Gasteiger partial charge in [0.1, 0.15) is 17.9 Å². The van der Waals surface area contributed by atoms with Gasteiger partial charge in [-0.2, -0.15) is 7.05 Å². The summed E-state index contributed by atoms with van der Waals surface area (Å²) in [6.45, 7) is 2.20. The van der Waals surface area contributed by atoms with Gasteiger partial charge in [0.15, 0.2) is 0 Å². The third-order valence-corrected chi connectivity index (χ3v) is 4.48. The molecule has 3 aliphatic rings. The number of nitrogens with zero attached hydrogens (tertiary/aromatic N) is 1. The van der Waals surface area contributed by atoms with Crippen LogP contribution in [0.1, 0.15) is 18.4 Å². The molecular formula is C14H17N3. The van der Waals surface area contributed by atoms with Crippen LogP contribution in [0, 0.1) is 19.5 Å². The van der Waals surface area contributed by atoms with Gasteiger partial charge >= 0.3 is 0 Å². The molecule has 2 aliphatic heterocycles. The Morgan fingerprint density at radius 2 is 2.12 bits per heavy atom. The highest BCUT2D eigenvalue weighted by atomic mass is 15.2. The van der Waals surface area contributed by atoms with Crippen molar-refractivity contribution in [3.05, 3.63) is 43.8 Å². The lowest BCUT2D eigenvalue weighted by atomic mass is 9.86. The maximum atomic E-state index is 4.27. The SMILES string of the molecule is [CH2-][NH+]1CC2=C(c3ccncc3[NH+]2[CH2-])C2(CC2)C1. The summed E-state index contributed by atoms with van der Waals surface area (Å²) < 4.78 is 0. The molecule has 1 aromatic heterocycles. The summed E-state index contributed by atoms with van der Waals surface area (Å²) in [5.41, 5.74) is 6.08. The predicted octanol–water partition coefficient (Wildman–Crippen LogP) is -0.415. The van der Waals surface area contributed by atoms with E-state index < -0.39 is 0 Å². The summed E-state index contributed by atoms with van der Waals surface area (Å²) in [7, 11) is 8.49. The third kappa shape index (κ3) is 1.16. The number of nitrogens with one attached hydrogen (secondary N) is 2. The number of rotatable bonds is 0. The van der Waals surface area contributed by atoms with Crippen LogP contribution in [-0.2, 0) is 0 Å². The molecule has 2 atom stereocenters. The van der Waals surface area contributed by atoms with E-state index in [1.807, 2.05) is 12.4 Å². The highest BCUT2D eigenvalue weighted by Crippen LogP contribution is 2.58. The first-order valence-electron chi connectivity index (χ1n) is 6.26. The Hall–Kier alpha value is -1.19. The van der Waals surface area contributed by atoms with E-state index in [1.165, 1.54) is 46.1 Å². The highest BCUT2D eigenvalue weighted by Gasteiger charge is 2.56. The van der Waals surface area contributed by atoms with Crippen molar-refractivity contribution in [2.24, 2.45) is 5.41 Å². The minimum atomic E-state index is 0.417. The Labute approximate surface area is 102 Å². The van der Waals surface area contributed by atoms with Gasteiger partial charge in [-0.05, 0) is 18.9 Å². The van der Waals surface area contributed by atoms with Gasteiger partial charge in [-0.25, -0.2) is 0 Å². The molecular weight excluding hydrogens is 210 g/mol. The summed E-state index contributed by atoms with van der Waals surface area (Å²) in [6.07, 6.45) is 6.51. The molecule has 1 spiro atoms. The Morgan fingerprint density at radius 3 is 2.88 bits per heavy atom. The van der Waals surface area contributed by atoms with E-state index >= 15 is 0 Å². The first kappa shape index (κ1) is 9.80. The second-order valence-electron chi connectivity index (χ2n) is 5.64. The van der Waals surface area contributed by atoms with Gasteiger partial charge in [0, 0.05) is 22.7 Å². The quantitative estimate of drug-likeness (QED) is 0.578. The van der Waals surface area contributed by atoms with E-state index in [0.29, 0.717) is 5.41 Å². The lowest BCUT2D eigenvalue weighted by Crippen LogP contribution is -3.13. The standard InChI is InChI=1S/C14H17N3/c1-16-8-12-13(14(9-16)4-5-14)10-3-6-15-7-11(10)17(12)2/h3,6-7,16-17H,1-2,4-5,8-9H2. The molecule has 3 nitrogen and oxygen atoms in total. The van der Waals surface area contributed by atoms with Crippen LogP contribution < -0.4 is 9.80 Å². The molecule has 88 valence electrons. The molecule has 2 N–H and O–H groups in total. The lowest BCUT2D eigenvalue weighted by molar-refractivity contribution is -0.876. The molecule has 3 heteroatoms. The van der Waals surface area contributed by atoms with Gasteiger partial charge in [0.25, 0.3) is 0 Å². The largest absolute Gasteiger partial charge is 0.459 e. The maximum Gasteiger partial charge on any atom is 0.144 e. The van der Waals surface area contributed by atoms with E-state index in [2.05, 4.69) is 25.1 Å². The van der Waals surface area contributed by atoms with Gasteiger partial charge in [0.05, 0.1) is 12.7 Å². The molecule has 0 radical (unpaired) electrons. The average molecular weight is 227 g/mol. The van der Waals surface area contributed by atoms with Gasteiger partial charge in [0.2, 0.25) is 0 Å². The van der Waals surface area contributed by atoms with Crippen LogP contribution in [0.2, 0.25) is 0 Å². The minimum absolute atomic E-state index is 0.417. The van der Waals surface area contributed by atoms with Crippen LogP contribution in [0.5, 0.6) is 0 Å². The van der Waals surface area contributed by atoms with E-state index in [9.17, 15) is 0 Å². The van der Waals surface area contributed by atoms with Gasteiger partial charge in [-0.1, -0.05) is 0 Å². The summed E-state index contributed by atoms with van der Waals surface area (Å²) in [6, 6.07) is 2.16. The van der Waals surface area contributed by atoms with E-state index in [-0.39, 0.29) is 0 Å². The van der Waals surface area contributed by atoms with E-state index in [1.54, 1.807) is 5.57 Å². The fourth-order valence-corrected chi connectivity index (χ4v) is 3.59. The van der Waals surface area contributed by atoms with Crippen LogP contribution in [-0.4, -0.2) is 18.1 Å². The van der Waals surface area contributed by atoms with Crippen LogP contribution in [0.3, 0.4) is 0 Å². The zero-order chi connectivity index (χ0) is 11.6. The normalized spacial score (nSPS) is 32.6. The average Bonchev–Trinajstić information content (AvgIpc) is 3.01. The lowest BCUT2D eigenvalue weighted by Gasteiger charge is -2.34. The number of hydrogen-bond donors (Lipinski definition) is 2. The molecule has 0 bridgehead atoms. The van der Waals surface area contributed by atoms with Crippen molar-refractivity contribution in [3.63, 3.8) is 0 Å². The number of quaternary nitrogens is 2. The molecule has 0 aromatic carbocycles. The van der Waals surface area contributed by atoms with Crippen LogP contribution in [0.4, 0.5) is 5.69 Å². The van der Waals surface area contributed by atoms with Crippen molar-refractivity contribution in [1.82, 2.24) is 4.98 Å².